The Morgan fingerprint density at radius 3 is 2.11 bits per heavy atom. The molecule has 45 heavy (non-hydrogen) atoms. The SMILES string of the molecule is COc1ccc([C@@H]2[C@H](C(=O)c3ccc(C)cc3)N3c4ccc(F)cc4C=C[C@@H]3C23C(=O)c2ccccc2C3=O)c(OC)c1OC. The lowest BCUT2D eigenvalue weighted by atomic mass is 9.64. The van der Waals surface area contributed by atoms with Gasteiger partial charge in [-0.05, 0) is 31.2 Å². The summed E-state index contributed by atoms with van der Waals surface area (Å²) >= 11 is 0. The maximum atomic E-state index is 14.9. The molecule has 0 aromatic heterocycles. The smallest absolute Gasteiger partial charge is 0.203 e. The largest absolute Gasteiger partial charge is 0.493 e. The molecule has 7 rings (SSSR count). The molecule has 4 aromatic rings. The maximum Gasteiger partial charge on any atom is 0.203 e. The summed E-state index contributed by atoms with van der Waals surface area (Å²) in [6, 6.07) is 19.8. The molecule has 1 saturated heterocycles. The van der Waals surface area contributed by atoms with Gasteiger partial charge in [-0.15, -0.1) is 0 Å². The number of hydrogen-bond acceptors (Lipinski definition) is 7. The molecule has 0 saturated carbocycles. The minimum absolute atomic E-state index is 0.252. The van der Waals surface area contributed by atoms with E-state index in [-0.39, 0.29) is 28.8 Å². The van der Waals surface area contributed by atoms with Gasteiger partial charge < -0.3 is 19.1 Å². The van der Waals surface area contributed by atoms with Crippen molar-refractivity contribution in [3.63, 3.8) is 0 Å². The standard InChI is InChI=1S/C37H30FNO6/c1-20-9-11-21(12-10-20)32(40)31-30(26-15-17-28(43-2)34(45-4)33(26)44-3)37(35(41)24-7-5-6-8-25(24)36(37)42)29-18-13-22-19-23(38)14-16-27(22)39(29)31/h5-19,29-31H,1-4H3/t29-,30-,31-/m1/s1. The molecule has 3 aliphatic rings. The number of ketones is 3. The van der Waals surface area contributed by atoms with E-state index in [1.807, 2.05) is 24.0 Å². The van der Waals surface area contributed by atoms with Gasteiger partial charge in [0.1, 0.15) is 17.3 Å². The van der Waals surface area contributed by atoms with Crippen molar-refractivity contribution in [3.8, 4) is 17.2 Å². The number of hydrogen-bond donors (Lipinski definition) is 0. The minimum Gasteiger partial charge on any atom is -0.493 e. The van der Waals surface area contributed by atoms with Crippen molar-refractivity contribution in [2.45, 2.75) is 24.9 Å². The van der Waals surface area contributed by atoms with Gasteiger partial charge in [-0.3, -0.25) is 14.4 Å². The molecule has 0 N–H and O–H groups in total. The van der Waals surface area contributed by atoms with Crippen molar-refractivity contribution >= 4 is 29.1 Å². The first-order chi connectivity index (χ1) is 21.8. The average Bonchev–Trinajstić information content (AvgIpc) is 3.49. The van der Waals surface area contributed by atoms with Crippen LogP contribution in [0.3, 0.4) is 0 Å². The molecule has 0 unspecified atom stereocenters. The Morgan fingerprint density at radius 2 is 1.49 bits per heavy atom. The van der Waals surface area contributed by atoms with E-state index in [4.69, 9.17) is 14.2 Å². The van der Waals surface area contributed by atoms with Crippen molar-refractivity contribution in [1.82, 2.24) is 0 Å². The van der Waals surface area contributed by atoms with E-state index in [0.29, 0.717) is 39.3 Å². The van der Waals surface area contributed by atoms with Crippen LogP contribution in [0.1, 0.15) is 53.7 Å². The zero-order chi connectivity index (χ0) is 31.6. The van der Waals surface area contributed by atoms with Gasteiger partial charge in [-0.2, -0.15) is 0 Å². The number of methoxy groups -OCH3 is 3. The highest BCUT2D eigenvalue weighted by atomic mass is 19.1. The van der Waals surface area contributed by atoms with Crippen molar-refractivity contribution in [2.24, 2.45) is 5.41 Å². The van der Waals surface area contributed by atoms with Crippen molar-refractivity contribution in [3.05, 3.63) is 124 Å². The fraction of sp³-hybridized carbons (Fsp3) is 0.216. The van der Waals surface area contributed by atoms with E-state index in [9.17, 15) is 18.8 Å². The third-order valence-corrected chi connectivity index (χ3v) is 9.44. The third-order valence-electron chi connectivity index (χ3n) is 9.44. The maximum absolute atomic E-state index is 14.9. The van der Waals surface area contributed by atoms with Crippen molar-refractivity contribution in [1.29, 1.82) is 0 Å². The second kappa shape index (κ2) is 10.4. The summed E-state index contributed by atoms with van der Waals surface area (Å²) < 4.78 is 31.7. The normalized spacial score (nSPS) is 20.6. The molecule has 4 aromatic carbocycles. The van der Waals surface area contributed by atoms with Gasteiger partial charge in [0, 0.05) is 39.4 Å². The highest BCUT2D eigenvalue weighted by Crippen LogP contribution is 2.63. The predicted molar refractivity (Wildman–Crippen MR) is 167 cm³/mol. The summed E-state index contributed by atoms with van der Waals surface area (Å²) in [5.74, 6) is -1.62. The molecule has 8 heteroatoms. The molecule has 226 valence electrons. The van der Waals surface area contributed by atoms with Gasteiger partial charge in [-0.1, -0.05) is 72.3 Å². The summed E-state index contributed by atoms with van der Waals surface area (Å²) in [5.41, 5.74) is 1.77. The minimum atomic E-state index is -1.76. The average molecular weight is 604 g/mol. The van der Waals surface area contributed by atoms with Gasteiger partial charge in [0.2, 0.25) is 5.75 Å². The Labute approximate surface area is 259 Å². The monoisotopic (exact) mass is 603 g/mol. The molecular formula is C37H30FNO6. The summed E-state index contributed by atoms with van der Waals surface area (Å²) in [6.07, 6.45) is 3.48. The Balaban J connectivity index is 1.59. The lowest BCUT2D eigenvalue weighted by molar-refractivity contribution is 0.0664. The van der Waals surface area contributed by atoms with Crippen LogP contribution in [0.2, 0.25) is 0 Å². The summed E-state index contributed by atoms with van der Waals surface area (Å²) in [6.45, 7) is 1.93. The first kappa shape index (κ1) is 28.5. The summed E-state index contributed by atoms with van der Waals surface area (Å²) in [4.78, 5) is 46.6. The van der Waals surface area contributed by atoms with Gasteiger partial charge in [0.15, 0.2) is 28.8 Å². The highest BCUT2D eigenvalue weighted by Gasteiger charge is 2.72. The van der Waals surface area contributed by atoms with E-state index < -0.39 is 29.2 Å². The van der Waals surface area contributed by atoms with Crippen LogP contribution in [0, 0.1) is 18.2 Å². The van der Waals surface area contributed by atoms with Crippen LogP contribution in [0.15, 0.2) is 84.9 Å². The molecule has 7 nitrogen and oxygen atoms in total. The Hall–Kier alpha value is -5.24. The van der Waals surface area contributed by atoms with Crippen LogP contribution >= 0.6 is 0 Å². The Kier molecular flexibility index (Phi) is 6.62. The van der Waals surface area contributed by atoms with Crippen LogP contribution in [-0.2, 0) is 0 Å². The van der Waals surface area contributed by atoms with E-state index in [1.54, 1.807) is 66.7 Å². The lowest BCUT2D eigenvalue weighted by Crippen LogP contribution is -2.48. The van der Waals surface area contributed by atoms with Crippen LogP contribution < -0.4 is 19.1 Å². The van der Waals surface area contributed by atoms with E-state index in [0.717, 1.165) is 5.56 Å². The molecule has 2 aliphatic heterocycles. The number of benzene rings is 4. The second-order valence-corrected chi connectivity index (χ2v) is 11.6. The number of Topliss-reactive ketones (excluding diaryl/α,β-unsaturated/α-hetero) is 3. The number of nitrogens with zero attached hydrogens (tertiary/aromatic N) is 1. The fourth-order valence-corrected chi connectivity index (χ4v) is 7.55. The van der Waals surface area contributed by atoms with Gasteiger partial charge in [0.05, 0.1) is 27.4 Å². The van der Waals surface area contributed by atoms with E-state index in [2.05, 4.69) is 0 Å². The quantitative estimate of drug-likeness (QED) is 0.184. The van der Waals surface area contributed by atoms with Crippen LogP contribution in [0.5, 0.6) is 17.2 Å². The topological polar surface area (TPSA) is 82.1 Å². The number of aryl methyl sites for hydroxylation is 1. The molecule has 0 radical (unpaired) electrons. The van der Waals surface area contributed by atoms with Gasteiger partial charge >= 0.3 is 0 Å². The first-order valence-corrected chi connectivity index (χ1v) is 14.6. The van der Waals surface area contributed by atoms with Crippen LogP contribution in [0.25, 0.3) is 6.08 Å². The van der Waals surface area contributed by atoms with Gasteiger partial charge in [-0.25, -0.2) is 4.39 Å². The number of rotatable bonds is 6. The van der Waals surface area contributed by atoms with E-state index >= 15 is 0 Å². The molecular weight excluding hydrogens is 573 g/mol. The van der Waals surface area contributed by atoms with E-state index in [1.165, 1.54) is 33.5 Å². The highest BCUT2D eigenvalue weighted by molar-refractivity contribution is 6.32. The molecule has 1 aliphatic carbocycles. The molecule has 0 amide bonds. The molecule has 3 atom stereocenters. The van der Waals surface area contributed by atoms with Gasteiger partial charge in [0.25, 0.3) is 0 Å². The van der Waals surface area contributed by atoms with Crippen LogP contribution in [-0.4, -0.2) is 50.8 Å². The lowest BCUT2D eigenvalue weighted by Gasteiger charge is -2.37. The Bertz CT molecular complexity index is 1900. The number of carbonyl (C=O) groups excluding carboxylic acids is 3. The van der Waals surface area contributed by atoms with Crippen molar-refractivity contribution in [2.75, 3.05) is 26.2 Å². The number of carbonyl (C=O) groups is 3. The van der Waals surface area contributed by atoms with Crippen LogP contribution in [0.4, 0.5) is 10.1 Å². The zero-order valence-corrected chi connectivity index (χ0v) is 25.2. The number of ether oxygens (including phenoxy) is 3. The first-order valence-electron chi connectivity index (χ1n) is 14.6. The summed E-state index contributed by atoms with van der Waals surface area (Å²) in [7, 11) is 4.44. The fourth-order valence-electron chi connectivity index (χ4n) is 7.55. The molecule has 1 spiro atoms. The Morgan fingerprint density at radius 1 is 0.822 bits per heavy atom. The third kappa shape index (κ3) is 3.84. The zero-order valence-electron chi connectivity index (χ0n) is 25.2. The number of fused-ring (bicyclic) bond motifs is 5. The summed E-state index contributed by atoms with van der Waals surface area (Å²) in [5, 5.41) is 0. The van der Waals surface area contributed by atoms with Crippen molar-refractivity contribution < 1.29 is 33.0 Å². The molecule has 1 fully saturated rings. The number of anilines is 1. The second-order valence-electron chi connectivity index (χ2n) is 11.6. The predicted octanol–water partition coefficient (Wildman–Crippen LogP) is 6.48. The number of halogens is 1. The molecule has 0 bridgehead atoms. The molecule has 2 heterocycles.